The Morgan fingerprint density at radius 3 is 2.79 bits per heavy atom. The maximum atomic E-state index is 6.12. The molecule has 0 bridgehead atoms. The molecule has 5 heteroatoms. The van der Waals surface area contributed by atoms with Crippen LogP contribution in [0.15, 0.2) is 6.07 Å². The van der Waals surface area contributed by atoms with E-state index in [1.807, 2.05) is 6.07 Å². The third-order valence-corrected chi connectivity index (χ3v) is 4.38. The Balaban J connectivity index is 1.73. The van der Waals surface area contributed by atoms with Crippen LogP contribution >= 0.6 is 11.6 Å². The van der Waals surface area contributed by atoms with Gasteiger partial charge in [0.2, 0.25) is 0 Å². The van der Waals surface area contributed by atoms with Crippen molar-refractivity contribution in [2.45, 2.75) is 37.6 Å². The Morgan fingerprint density at radius 2 is 2.16 bits per heavy atom. The van der Waals surface area contributed by atoms with Gasteiger partial charge in [-0.1, -0.05) is 11.6 Å². The Bertz CT molecular complexity index is 461. The molecular formula is C14H21ClN4. The zero-order valence-electron chi connectivity index (χ0n) is 11.6. The molecule has 19 heavy (non-hydrogen) atoms. The minimum atomic E-state index is 0.542. The fraction of sp³-hybridized carbons (Fsp3) is 0.714. The van der Waals surface area contributed by atoms with Crippen LogP contribution in [0.5, 0.6) is 0 Å². The van der Waals surface area contributed by atoms with Gasteiger partial charge in [-0.3, -0.25) is 0 Å². The van der Waals surface area contributed by atoms with E-state index in [1.165, 1.54) is 32.2 Å². The topological polar surface area (TPSA) is 32.3 Å². The lowest BCUT2D eigenvalue weighted by molar-refractivity contribution is 0.314. The largest absolute Gasteiger partial charge is 0.358 e. The smallest absolute Gasteiger partial charge is 0.135 e. The van der Waals surface area contributed by atoms with Crippen LogP contribution in [0.2, 0.25) is 5.15 Å². The van der Waals surface area contributed by atoms with Crippen molar-refractivity contribution in [3.63, 3.8) is 0 Å². The van der Waals surface area contributed by atoms with Gasteiger partial charge in [-0.25, -0.2) is 9.97 Å². The molecule has 1 aromatic rings. The maximum absolute atomic E-state index is 6.12. The average molecular weight is 281 g/mol. The molecule has 0 aromatic carbocycles. The summed E-state index contributed by atoms with van der Waals surface area (Å²) in [7, 11) is 4.30. The summed E-state index contributed by atoms with van der Waals surface area (Å²) in [6.45, 7) is 2.21. The van der Waals surface area contributed by atoms with E-state index in [9.17, 15) is 0 Å². The fourth-order valence-corrected chi connectivity index (χ4v) is 2.95. The lowest BCUT2D eigenvalue weighted by Gasteiger charge is -2.26. The molecule has 1 aliphatic carbocycles. The number of hydrogen-bond donors (Lipinski definition) is 0. The van der Waals surface area contributed by atoms with Gasteiger partial charge in [0.05, 0.1) is 0 Å². The quantitative estimate of drug-likeness (QED) is 0.794. The number of aromatic nitrogens is 2. The molecule has 0 N–H and O–H groups in total. The number of rotatable bonds is 4. The molecule has 3 rings (SSSR count). The van der Waals surface area contributed by atoms with Crippen LogP contribution in [-0.2, 0) is 0 Å². The molecule has 2 aliphatic rings. The van der Waals surface area contributed by atoms with E-state index in [0.29, 0.717) is 17.1 Å². The summed E-state index contributed by atoms with van der Waals surface area (Å²) in [6.07, 6.45) is 4.98. The van der Waals surface area contributed by atoms with Crippen molar-refractivity contribution in [1.82, 2.24) is 14.9 Å². The fourth-order valence-electron chi connectivity index (χ4n) is 2.76. The Labute approximate surface area is 119 Å². The predicted octanol–water partition coefficient (Wildman–Crippen LogP) is 2.54. The zero-order chi connectivity index (χ0) is 13.4. The monoisotopic (exact) mass is 280 g/mol. The summed E-state index contributed by atoms with van der Waals surface area (Å²) in [5.74, 6) is 2.43. The summed E-state index contributed by atoms with van der Waals surface area (Å²) in [5.41, 5.74) is 0. The van der Waals surface area contributed by atoms with Crippen molar-refractivity contribution in [2.75, 3.05) is 32.1 Å². The van der Waals surface area contributed by atoms with Crippen molar-refractivity contribution in [3.05, 3.63) is 17.0 Å². The molecule has 1 saturated carbocycles. The minimum absolute atomic E-state index is 0.542. The van der Waals surface area contributed by atoms with Crippen molar-refractivity contribution < 1.29 is 0 Å². The number of likely N-dealkylation sites (tertiary alicyclic amines) is 1. The van der Waals surface area contributed by atoms with Crippen molar-refractivity contribution in [2.24, 2.45) is 0 Å². The standard InChI is InChI=1S/C14H21ClN4/c1-18-7-3-4-11(18)9-19(2)13-8-12(15)16-14(17-13)10-5-6-10/h8,10-11H,3-7,9H2,1-2H3. The van der Waals surface area contributed by atoms with Crippen LogP contribution in [0.1, 0.15) is 37.4 Å². The first-order valence-electron chi connectivity index (χ1n) is 7.09. The number of halogens is 1. The molecule has 2 heterocycles. The third-order valence-electron chi connectivity index (χ3n) is 4.19. The van der Waals surface area contributed by atoms with Gasteiger partial charge >= 0.3 is 0 Å². The Kier molecular flexibility index (Phi) is 3.63. The SMILES string of the molecule is CN(CC1CCCN1C)c1cc(Cl)nc(C2CC2)n1. The second-order valence-corrected chi connectivity index (χ2v) is 6.23. The summed E-state index contributed by atoms with van der Waals surface area (Å²) in [5, 5.41) is 0.568. The molecule has 4 nitrogen and oxygen atoms in total. The van der Waals surface area contributed by atoms with Gasteiger partial charge < -0.3 is 9.80 Å². The number of nitrogens with zero attached hydrogens (tertiary/aromatic N) is 4. The van der Waals surface area contributed by atoms with Crippen molar-refractivity contribution >= 4 is 17.4 Å². The van der Waals surface area contributed by atoms with Crippen LogP contribution < -0.4 is 4.90 Å². The van der Waals surface area contributed by atoms with E-state index in [-0.39, 0.29) is 0 Å². The highest BCUT2D eigenvalue weighted by Crippen LogP contribution is 2.39. The van der Waals surface area contributed by atoms with Crippen molar-refractivity contribution in [3.8, 4) is 0 Å². The molecule has 0 radical (unpaired) electrons. The van der Waals surface area contributed by atoms with E-state index in [4.69, 9.17) is 11.6 Å². The van der Waals surface area contributed by atoms with Crippen molar-refractivity contribution in [1.29, 1.82) is 0 Å². The average Bonchev–Trinajstić information content (AvgIpc) is 3.15. The Morgan fingerprint density at radius 1 is 1.37 bits per heavy atom. The van der Waals surface area contributed by atoms with Gasteiger partial charge in [0.15, 0.2) is 0 Å². The molecular weight excluding hydrogens is 260 g/mol. The summed E-state index contributed by atoms with van der Waals surface area (Å²) in [4.78, 5) is 13.7. The van der Waals surface area contributed by atoms with E-state index in [1.54, 1.807) is 0 Å². The van der Waals surface area contributed by atoms with Crippen LogP contribution in [-0.4, -0.2) is 48.1 Å². The number of likely N-dealkylation sites (N-methyl/N-ethyl adjacent to an activating group) is 2. The first-order valence-corrected chi connectivity index (χ1v) is 7.47. The first kappa shape index (κ1) is 13.1. The Hall–Kier alpha value is -0.870. The van der Waals surface area contributed by atoms with Gasteiger partial charge in [0.1, 0.15) is 16.8 Å². The second-order valence-electron chi connectivity index (χ2n) is 5.84. The summed E-state index contributed by atoms with van der Waals surface area (Å²) >= 11 is 6.12. The predicted molar refractivity (Wildman–Crippen MR) is 77.9 cm³/mol. The van der Waals surface area contributed by atoms with E-state index in [2.05, 4.69) is 33.9 Å². The van der Waals surface area contributed by atoms with Gasteiger partial charge in [-0.2, -0.15) is 0 Å². The van der Waals surface area contributed by atoms with Gasteiger partial charge in [-0.15, -0.1) is 0 Å². The highest BCUT2D eigenvalue weighted by atomic mass is 35.5. The lowest BCUT2D eigenvalue weighted by Crippen LogP contribution is -2.37. The van der Waals surface area contributed by atoms with Gasteiger partial charge in [0.25, 0.3) is 0 Å². The van der Waals surface area contributed by atoms with E-state index >= 15 is 0 Å². The molecule has 1 atom stereocenters. The molecule has 2 fully saturated rings. The van der Waals surface area contributed by atoms with Gasteiger partial charge in [0, 0.05) is 31.6 Å². The minimum Gasteiger partial charge on any atom is -0.358 e. The highest BCUT2D eigenvalue weighted by molar-refractivity contribution is 6.29. The first-order chi connectivity index (χ1) is 9.13. The highest BCUT2D eigenvalue weighted by Gasteiger charge is 2.28. The zero-order valence-corrected chi connectivity index (χ0v) is 12.4. The summed E-state index contributed by atoms with van der Waals surface area (Å²) in [6, 6.07) is 2.51. The maximum Gasteiger partial charge on any atom is 0.135 e. The van der Waals surface area contributed by atoms with Crippen LogP contribution in [0.4, 0.5) is 5.82 Å². The molecule has 104 valence electrons. The normalized spacial score (nSPS) is 23.8. The van der Waals surface area contributed by atoms with Crippen LogP contribution in [0.25, 0.3) is 0 Å². The second kappa shape index (κ2) is 5.25. The van der Waals surface area contributed by atoms with E-state index < -0.39 is 0 Å². The molecule has 1 unspecified atom stereocenters. The number of anilines is 1. The summed E-state index contributed by atoms with van der Waals surface area (Å²) < 4.78 is 0. The van der Waals surface area contributed by atoms with Crippen LogP contribution in [0, 0.1) is 0 Å². The lowest BCUT2D eigenvalue weighted by atomic mass is 10.2. The third kappa shape index (κ3) is 3.00. The van der Waals surface area contributed by atoms with Crippen LogP contribution in [0.3, 0.4) is 0 Å². The molecule has 0 amide bonds. The molecule has 1 aromatic heterocycles. The molecule has 0 spiro atoms. The van der Waals surface area contributed by atoms with E-state index in [0.717, 1.165) is 18.2 Å². The molecule has 1 aliphatic heterocycles. The van der Waals surface area contributed by atoms with Gasteiger partial charge in [-0.05, 0) is 39.3 Å². The molecule has 1 saturated heterocycles. The number of hydrogen-bond acceptors (Lipinski definition) is 4.